The van der Waals surface area contributed by atoms with Gasteiger partial charge in [0, 0.05) is 18.2 Å². The second-order valence-corrected chi connectivity index (χ2v) is 4.85. The lowest BCUT2D eigenvalue weighted by Gasteiger charge is -2.14. The highest BCUT2D eigenvalue weighted by Gasteiger charge is 2.25. The molecule has 2 unspecified atom stereocenters. The van der Waals surface area contributed by atoms with Gasteiger partial charge in [-0.3, -0.25) is 9.59 Å². The Morgan fingerprint density at radius 1 is 1.50 bits per heavy atom. The van der Waals surface area contributed by atoms with E-state index >= 15 is 0 Å². The van der Waals surface area contributed by atoms with E-state index in [0.29, 0.717) is 6.54 Å². The minimum absolute atomic E-state index is 0.110. The van der Waals surface area contributed by atoms with E-state index in [-0.39, 0.29) is 29.1 Å². The van der Waals surface area contributed by atoms with Crippen LogP contribution in [0.1, 0.15) is 35.3 Å². The third kappa shape index (κ3) is 2.79. The number of carbonyl (C=O) groups is 1. The van der Waals surface area contributed by atoms with Crippen LogP contribution in [0.5, 0.6) is 0 Å². The van der Waals surface area contributed by atoms with E-state index < -0.39 is 0 Å². The van der Waals surface area contributed by atoms with Crippen molar-refractivity contribution in [2.75, 3.05) is 6.54 Å². The Kier molecular flexibility index (Phi) is 3.81. The van der Waals surface area contributed by atoms with E-state index in [2.05, 4.69) is 10.3 Å². The summed E-state index contributed by atoms with van der Waals surface area (Å²) in [6.45, 7) is 2.19. The number of nitrogens with one attached hydrogen (secondary N) is 2. The molecule has 1 aliphatic carbocycles. The topological polar surface area (TPSA) is 82.2 Å². The summed E-state index contributed by atoms with van der Waals surface area (Å²) in [5.74, 6) is -0.270. The highest BCUT2D eigenvalue weighted by Crippen LogP contribution is 2.24. The summed E-state index contributed by atoms with van der Waals surface area (Å²) in [5.41, 5.74) is 0.468. The average Bonchev–Trinajstić information content (AvgIpc) is 2.72. The maximum Gasteiger partial charge on any atom is 0.260 e. The molecule has 1 aliphatic rings. The summed E-state index contributed by atoms with van der Waals surface area (Å²) < 4.78 is 0. The molecule has 1 saturated carbocycles. The van der Waals surface area contributed by atoms with Gasteiger partial charge in [-0.05, 0) is 31.9 Å². The Morgan fingerprint density at radius 2 is 2.28 bits per heavy atom. The summed E-state index contributed by atoms with van der Waals surface area (Å²) in [6.07, 6.45) is 2.38. The van der Waals surface area contributed by atoms with E-state index in [1.165, 1.54) is 6.07 Å². The molecular formula is C13H18N2O3. The molecule has 1 fully saturated rings. The third-order valence-electron chi connectivity index (χ3n) is 3.44. The predicted molar refractivity (Wildman–Crippen MR) is 67.5 cm³/mol. The molecule has 18 heavy (non-hydrogen) atoms. The number of pyridine rings is 1. The molecule has 0 radical (unpaired) electrons. The largest absolute Gasteiger partial charge is 0.393 e. The lowest BCUT2D eigenvalue weighted by Crippen LogP contribution is -2.35. The number of aliphatic hydroxyl groups is 1. The standard InChI is InChI=1S/C13H18N2O3/c1-8-5-6-10(13(18)15-8)12(17)14-7-9-3-2-4-11(9)16/h5-6,9,11,16H,2-4,7H2,1H3,(H,14,17)(H,15,18). The molecule has 1 aromatic rings. The fourth-order valence-electron chi connectivity index (χ4n) is 2.33. The number of rotatable bonds is 3. The normalized spacial score (nSPS) is 23.0. The van der Waals surface area contributed by atoms with Crippen LogP contribution in [-0.2, 0) is 0 Å². The first-order valence-electron chi connectivity index (χ1n) is 6.24. The predicted octanol–water partition coefficient (Wildman–Crippen LogP) is 0.574. The minimum Gasteiger partial charge on any atom is -0.393 e. The molecule has 3 N–H and O–H groups in total. The van der Waals surface area contributed by atoms with Crippen molar-refractivity contribution in [1.82, 2.24) is 10.3 Å². The number of aromatic nitrogens is 1. The maximum atomic E-state index is 11.8. The van der Waals surface area contributed by atoms with Crippen molar-refractivity contribution in [2.45, 2.75) is 32.3 Å². The van der Waals surface area contributed by atoms with Gasteiger partial charge in [-0.1, -0.05) is 6.42 Å². The number of H-pyrrole nitrogens is 1. The Bertz CT molecular complexity index is 495. The van der Waals surface area contributed by atoms with Crippen LogP contribution in [0.25, 0.3) is 0 Å². The van der Waals surface area contributed by atoms with Crippen molar-refractivity contribution in [3.8, 4) is 0 Å². The minimum atomic E-state index is -0.379. The van der Waals surface area contributed by atoms with Gasteiger partial charge in [-0.15, -0.1) is 0 Å². The molecule has 0 spiro atoms. The van der Waals surface area contributed by atoms with Crippen molar-refractivity contribution in [2.24, 2.45) is 5.92 Å². The van der Waals surface area contributed by atoms with Crippen LogP contribution in [0, 0.1) is 12.8 Å². The molecule has 2 rings (SSSR count). The Morgan fingerprint density at radius 3 is 2.89 bits per heavy atom. The molecule has 5 nitrogen and oxygen atoms in total. The molecular weight excluding hydrogens is 232 g/mol. The maximum absolute atomic E-state index is 11.8. The van der Waals surface area contributed by atoms with Crippen molar-refractivity contribution < 1.29 is 9.90 Å². The molecule has 0 aromatic carbocycles. The molecule has 0 saturated heterocycles. The number of amides is 1. The van der Waals surface area contributed by atoms with Gasteiger partial charge in [0.2, 0.25) is 0 Å². The highest BCUT2D eigenvalue weighted by molar-refractivity contribution is 5.93. The summed E-state index contributed by atoms with van der Waals surface area (Å²) in [7, 11) is 0. The van der Waals surface area contributed by atoms with Gasteiger partial charge in [0.25, 0.3) is 11.5 Å². The van der Waals surface area contributed by atoms with Gasteiger partial charge in [-0.25, -0.2) is 0 Å². The monoisotopic (exact) mass is 250 g/mol. The van der Waals surface area contributed by atoms with Gasteiger partial charge in [-0.2, -0.15) is 0 Å². The molecule has 0 bridgehead atoms. The summed E-state index contributed by atoms with van der Waals surface area (Å²) in [5, 5.41) is 12.4. The van der Waals surface area contributed by atoms with Crippen LogP contribution >= 0.6 is 0 Å². The molecule has 5 heteroatoms. The zero-order valence-electron chi connectivity index (χ0n) is 10.4. The number of hydrogen-bond donors (Lipinski definition) is 3. The molecule has 1 heterocycles. The van der Waals surface area contributed by atoms with E-state index in [0.717, 1.165) is 25.0 Å². The van der Waals surface area contributed by atoms with Crippen LogP contribution in [0.15, 0.2) is 16.9 Å². The first-order chi connectivity index (χ1) is 8.58. The third-order valence-corrected chi connectivity index (χ3v) is 3.44. The second-order valence-electron chi connectivity index (χ2n) is 4.85. The van der Waals surface area contributed by atoms with Gasteiger partial charge < -0.3 is 15.4 Å². The van der Waals surface area contributed by atoms with Crippen molar-refractivity contribution in [1.29, 1.82) is 0 Å². The summed E-state index contributed by atoms with van der Waals surface area (Å²) in [6, 6.07) is 3.22. The highest BCUT2D eigenvalue weighted by atomic mass is 16.3. The van der Waals surface area contributed by atoms with Crippen LogP contribution in [0.4, 0.5) is 0 Å². The van der Waals surface area contributed by atoms with E-state index in [4.69, 9.17) is 0 Å². The number of carbonyl (C=O) groups excluding carboxylic acids is 1. The van der Waals surface area contributed by atoms with Crippen molar-refractivity contribution in [3.63, 3.8) is 0 Å². The quantitative estimate of drug-likeness (QED) is 0.733. The van der Waals surface area contributed by atoms with Gasteiger partial charge in [0.1, 0.15) is 5.56 Å². The SMILES string of the molecule is Cc1ccc(C(=O)NCC2CCCC2O)c(=O)[nH]1. The van der Waals surface area contributed by atoms with Crippen LogP contribution < -0.4 is 10.9 Å². The lowest BCUT2D eigenvalue weighted by atomic mass is 10.1. The van der Waals surface area contributed by atoms with Crippen LogP contribution in [-0.4, -0.2) is 28.6 Å². The summed E-state index contributed by atoms with van der Waals surface area (Å²) in [4.78, 5) is 26.0. The van der Waals surface area contributed by atoms with Crippen molar-refractivity contribution in [3.05, 3.63) is 33.7 Å². The molecule has 1 amide bonds. The van der Waals surface area contributed by atoms with E-state index in [1.54, 1.807) is 13.0 Å². The number of aryl methyl sites for hydroxylation is 1. The first kappa shape index (κ1) is 12.8. The summed E-state index contributed by atoms with van der Waals surface area (Å²) >= 11 is 0. The molecule has 1 aromatic heterocycles. The van der Waals surface area contributed by atoms with E-state index in [9.17, 15) is 14.7 Å². The number of aliphatic hydroxyl groups excluding tert-OH is 1. The Balaban J connectivity index is 1.97. The number of aromatic amines is 1. The van der Waals surface area contributed by atoms with Gasteiger partial charge in [0.15, 0.2) is 0 Å². The van der Waals surface area contributed by atoms with Crippen LogP contribution in [0.3, 0.4) is 0 Å². The molecule has 2 atom stereocenters. The fourth-order valence-corrected chi connectivity index (χ4v) is 2.33. The average molecular weight is 250 g/mol. The first-order valence-corrected chi connectivity index (χ1v) is 6.24. The fraction of sp³-hybridized carbons (Fsp3) is 0.538. The smallest absolute Gasteiger partial charge is 0.260 e. The Labute approximate surface area is 105 Å². The molecule has 98 valence electrons. The van der Waals surface area contributed by atoms with Crippen molar-refractivity contribution >= 4 is 5.91 Å². The second kappa shape index (κ2) is 5.35. The number of hydrogen-bond acceptors (Lipinski definition) is 3. The zero-order chi connectivity index (χ0) is 13.1. The zero-order valence-corrected chi connectivity index (χ0v) is 10.4. The van der Waals surface area contributed by atoms with Gasteiger partial charge >= 0.3 is 0 Å². The van der Waals surface area contributed by atoms with E-state index in [1.807, 2.05) is 0 Å². The van der Waals surface area contributed by atoms with Gasteiger partial charge in [0.05, 0.1) is 6.10 Å². The molecule has 0 aliphatic heterocycles. The van der Waals surface area contributed by atoms with Crippen LogP contribution in [0.2, 0.25) is 0 Å². The Hall–Kier alpha value is -1.62. The lowest BCUT2D eigenvalue weighted by molar-refractivity contribution is 0.0915.